The number of anilines is 2. The Kier molecular flexibility index (Phi) is 8.54. The van der Waals surface area contributed by atoms with Gasteiger partial charge in [0.05, 0.1) is 19.9 Å². The molecule has 36 heavy (non-hydrogen) atoms. The van der Waals surface area contributed by atoms with Crippen molar-refractivity contribution in [2.45, 2.75) is 20.4 Å². The lowest BCUT2D eigenvalue weighted by Gasteiger charge is -2.07. The number of hydrazone groups is 1. The molecule has 0 unspecified atom stereocenters. The molecule has 0 saturated heterocycles. The average Bonchev–Trinajstić information content (AvgIpc) is 3.32. The smallest absolute Gasteiger partial charge is 0.329 e. The lowest BCUT2D eigenvalue weighted by atomic mass is 10.1. The highest BCUT2D eigenvalue weighted by Crippen LogP contribution is 2.15. The minimum atomic E-state index is -0.976. The van der Waals surface area contributed by atoms with Crippen LogP contribution in [-0.4, -0.2) is 37.0 Å². The predicted molar refractivity (Wildman–Crippen MR) is 132 cm³/mol. The van der Waals surface area contributed by atoms with Gasteiger partial charge in [-0.1, -0.05) is 6.07 Å². The Balaban J connectivity index is 1.43. The first-order valence-corrected chi connectivity index (χ1v) is 10.8. The first-order chi connectivity index (χ1) is 17.2. The number of nitrogens with one attached hydrogen (secondary N) is 4. The molecule has 2 aromatic carbocycles. The molecule has 0 spiro atoms. The van der Waals surface area contributed by atoms with Crippen LogP contribution in [0.25, 0.3) is 0 Å². The van der Waals surface area contributed by atoms with Crippen LogP contribution < -0.4 is 26.1 Å². The number of nitrogens with zero attached hydrogens (tertiary/aromatic N) is 1. The van der Waals surface area contributed by atoms with Crippen LogP contribution in [-0.2, 0) is 25.7 Å². The molecule has 11 nitrogen and oxygen atoms in total. The number of hydrogen-bond acceptors (Lipinski definition) is 7. The Labute approximate surface area is 206 Å². The van der Waals surface area contributed by atoms with E-state index in [1.807, 2.05) is 19.9 Å². The van der Waals surface area contributed by atoms with Gasteiger partial charge in [0.2, 0.25) is 0 Å². The van der Waals surface area contributed by atoms with Gasteiger partial charge in [0.15, 0.2) is 0 Å². The lowest BCUT2D eigenvalue weighted by molar-refractivity contribution is -0.136. The topological polar surface area (TPSA) is 151 Å². The second-order valence-corrected chi connectivity index (χ2v) is 7.62. The van der Waals surface area contributed by atoms with Crippen molar-refractivity contribution in [2.75, 3.05) is 17.7 Å². The zero-order valence-electron chi connectivity index (χ0n) is 19.9. The zero-order valence-corrected chi connectivity index (χ0v) is 19.9. The molecule has 0 radical (unpaired) electrons. The van der Waals surface area contributed by atoms with Crippen LogP contribution in [0.3, 0.4) is 0 Å². The van der Waals surface area contributed by atoms with Gasteiger partial charge in [-0.2, -0.15) is 5.10 Å². The molecule has 1 aromatic heterocycles. The Hall–Kier alpha value is -4.93. The van der Waals surface area contributed by atoms with Crippen molar-refractivity contribution >= 4 is 41.2 Å². The second kappa shape index (κ2) is 12.0. The molecule has 4 amide bonds. The molecule has 3 aromatic rings. The van der Waals surface area contributed by atoms with Gasteiger partial charge in [0, 0.05) is 11.4 Å². The van der Waals surface area contributed by atoms with Crippen LogP contribution in [0, 0.1) is 13.8 Å². The summed E-state index contributed by atoms with van der Waals surface area (Å²) in [5.74, 6) is -2.28. The van der Waals surface area contributed by atoms with Crippen LogP contribution in [0.15, 0.2) is 64.1 Å². The molecule has 0 atom stereocenters. The maximum absolute atomic E-state index is 12.1. The number of hydrogen-bond donors (Lipinski definition) is 4. The third-order valence-electron chi connectivity index (χ3n) is 4.99. The number of benzene rings is 2. The number of methoxy groups -OCH3 is 1. The monoisotopic (exact) mass is 491 g/mol. The fourth-order valence-electron chi connectivity index (χ4n) is 2.88. The quantitative estimate of drug-likeness (QED) is 0.226. The van der Waals surface area contributed by atoms with E-state index in [9.17, 15) is 19.2 Å². The highest BCUT2D eigenvalue weighted by Gasteiger charge is 2.15. The highest BCUT2D eigenvalue weighted by molar-refractivity contribution is 6.40. The summed E-state index contributed by atoms with van der Waals surface area (Å²) in [6.45, 7) is 3.82. The third-order valence-corrected chi connectivity index (χ3v) is 4.99. The second-order valence-electron chi connectivity index (χ2n) is 7.62. The van der Waals surface area contributed by atoms with Gasteiger partial charge in [0.25, 0.3) is 0 Å². The molecule has 186 valence electrons. The maximum Gasteiger partial charge on any atom is 0.329 e. The Morgan fingerprint density at radius 1 is 0.833 bits per heavy atom. The Bertz CT molecular complexity index is 1300. The number of amides is 4. The van der Waals surface area contributed by atoms with E-state index in [2.05, 4.69) is 26.5 Å². The van der Waals surface area contributed by atoms with Gasteiger partial charge in [-0.25, -0.2) is 5.43 Å². The molecule has 11 heteroatoms. The number of carbonyl (C=O) groups excluding carboxylic acids is 4. The molecular formula is C25H25N5O6. The van der Waals surface area contributed by atoms with E-state index in [0.29, 0.717) is 22.9 Å². The molecule has 0 aliphatic rings. The molecule has 0 saturated carbocycles. The van der Waals surface area contributed by atoms with Gasteiger partial charge in [-0.15, -0.1) is 0 Å². The summed E-state index contributed by atoms with van der Waals surface area (Å²) in [7, 11) is 1.52. The molecule has 0 fully saturated rings. The average molecular weight is 492 g/mol. The van der Waals surface area contributed by atoms with E-state index in [0.717, 1.165) is 11.1 Å². The van der Waals surface area contributed by atoms with E-state index < -0.39 is 23.6 Å². The number of carbonyl (C=O) groups is 4. The van der Waals surface area contributed by atoms with Crippen molar-refractivity contribution in [3.05, 3.63) is 77.2 Å². The van der Waals surface area contributed by atoms with Crippen LogP contribution in [0.4, 0.5) is 11.4 Å². The molecule has 1 heterocycles. The minimum Gasteiger partial charge on any atom is -0.497 e. The molecule has 4 N–H and O–H groups in total. The maximum atomic E-state index is 12.1. The number of furan rings is 1. The van der Waals surface area contributed by atoms with Gasteiger partial charge >= 0.3 is 23.6 Å². The summed E-state index contributed by atoms with van der Waals surface area (Å²) in [4.78, 5) is 48.0. The van der Waals surface area contributed by atoms with Crippen LogP contribution in [0.2, 0.25) is 0 Å². The van der Waals surface area contributed by atoms with Gasteiger partial charge in [0.1, 0.15) is 17.3 Å². The van der Waals surface area contributed by atoms with E-state index in [1.54, 1.807) is 48.5 Å². The summed E-state index contributed by atoms with van der Waals surface area (Å²) in [6.07, 6.45) is 1.19. The number of ether oxygens (including phenoxy) is 1. The first kappa shape index (κ1) is 25.7. The van der Waals surface area contributed by atoms with Crippen molar-refractivity contribution < 1.29 is 28.3 Å². The summed E-state index contributed by atoms with van der Waals surface area (Å²) in [6, 6.07) is 14.9. The third kappa shape index (κ3) is 7.29. The van der Waals surface area contributed by atoms with E-state index in [4.69, 9.17) is 9.15 Å². The molecule has 3 rings (SSSR count). The molecule has 0 bridgehead atoms. The molecular weight excluding hydrogens is 466 g/mol. The van der Waals surface area contributed by atoms with Crippen molar-refractivity contribution in [2.24, 2.45) is 5.10 Å². The van der Waals surface area contributed by atoms with E-state index in [1.165, 1.54) is 13.3 Å². The van der Waals surface area contributed by atoms with Crippen LogP contribution in [0.5, 0.6) is 5.75 Å². The van der Waals surface area contributed by atoms with E-state index in [-0.39, 0.29) is 12.3 Å². The van der Waals surface area contributed by atoms with Gasteiger partial charge in [-0.3, -0.25) is 19.2 Å². The Morgan fingerprint density at radius 3 is 2.19 bits per heavy atom. The zero-order chi connectivity index (χ0) is 26.1. The van der Waals surface area contributed by atoms with Crippen LogP contribution in [0.1, 0.15) is 22.6 Å². The standard InChI is InChI=1S/C25H25N5O6/c1-15-4-5-18(12-16(15)2)29-23(32)22(31)26-13-20-10-11-21(36-20)14-27-30-25(34)24(33)28-17-6-8-19(35-3)9-7-17/h4-12,14H,13H2,1-3H3,(H,26,31)(H,28,33)(H,29,32)(H,30,34)/b27-14+. The molecule has 0 aliphatic carbocycles. The van der Waals surface area contributed by atoms with Crippen molar-refractivity contribution in [3.63, 3.8) is 0 Å². The normalized spacial score (nSPS) is 10.5. The largest absolute Gasteiger partial charge is 0.497 e. The van der Waals surface area contributed by atoms with Crippen molar-refractivity contribution in [1.29, 1.82) is 0 Å². The Morgan fingerprint density at radius 2 is 1.50 bits per heavy atom. The predicted octanol–water partition coefficient (Wildman–Crippen LogP) is 2.25. The summed E-state index contributed by atoms with van der Waals surface area (Å²) >= 11 is 0. The number of rotatable bonds is 7. The summed E-state index contributed by atoms with van der Waals surface area (Å²) in [5, 5.41) is 11.1. The lowest BCUT2D eigenvalue weighted by Crippen LogP contribution is -2.34. The first-order valence-electron chi connectivity index (χ1n) is 10.8. The SMILES string of the molecule is COc1ccc(NC(=O)C(=O)N/N=C/c2ccc(CNC(=O)C(=O)Nc3ccc(C)c(C)c3)o2)cc1. The summed E-state index contributed by atoms with van der Waals surface area (Å²) < 4.78 is 10.5. The fourth-order valence-corrected chi connectivity index (χ4v) is 2.88. The van der Waals surface area contributed by atoms with E-state index >= 15 is 0 Å². The van der Waals surface area contributed by atoms with Crippen molar-refractivity contribution in [3.8, 4) is 5.75 Å². The van der Waals surface area contributed by atoms with Gasteiger partial charge < -0.3 is 25.1 Å². The summed E-state index contributed by atoms with van der Waals surface area (Å²) in [5.41, 5.74) is 5.10. The number of aryl methyl sites for hydroxylation is 2. The fraction of sp³-hybridized carbons (Fsp3) is 0.160. The van der Waals surface area contributed by atoms with Gasteiger partial charge in [-0.05, 0) is 73.5 Å². The minimum absolute atomic E-state index is 0.0381. The highest BCUT2D eigenvalue weighted by atomic mass is 16.5. The van der Waals surface area contributed by atoms with Crippen molar-refractivity contribution in [1.82, 2.24) is 10.7 Å². The van der Waals surface area contributed by atoms with Crippen LogP contribution >= 0.6 is 0 Å². The molecule has 0 aliphatic heterocycles.